The molecule has 1 saturated carbocycles. The molecule has 0 bridgehead atoms. The van der Waals surface area contributed by atoms with Gasteiger partial charge in [0.2, 0.25) is 0 Å². The Morgan fingerprint density at radius 2 is 1.91 bits per heavy atom. The lowest BCUT2D eigenvalue weighted by atomic mass is 10.1. The number of aromatic nitrogens is 3. The maximum Gasteiger partial charge on any atom is 0.251 e. The van der Waals surface area contributed by atoms with Gasteiger partial charge in [0.1, 0.15) is 5.75 Å². The molecule has 168 valence electrons. The molecule has 2 aromatic heterocycles. The summed E-state index contributed by atoms with van der Waals surface area (Å²) in [6.07, 6.45) is 3.92. The summed E-state index contributed by atoms with van der Waals surface area (Å²) in [5.41, 5.74) is 5.54. The molecule has 0 unspecified atom stereocenters. The van der Waals surface area contributed by atoms with Gasteiger partial charge < -0.3 is 15.7 Å². The van der Waals surface area contributed by atoms with E-state index in [1.807, 2.05) is 40.9 Å². The van der Waals surface area contributed by atoms with Crippen molar-refractivity contribution in [3.8, 4) is 28.3 Å². The Morgan fingerprint density at radius 3 is 2.61 bits per heavy atom. The smallest absolute Gasteiger partial charge is 0.251 e. The Morgan fingerprint density at radius 1 is 1.12 bits per heavy atom. The summed E-state index contributed by atoms with van der Waals surface area (Å²) in [5, 5.41) is 21.3. The first kappa shape index (κ1) is 21.0. The molecule has 1 aliphatic carbocycles. The molecule has 0 atom stereocenters. The van der Waals surface area contributed by atoms with Crippen molar-refractivity contribution >= 4 is 17.2 Å². The quantitative estimate of drug-likeness (QED) is 0.386. The van der Waals surface area contributed by atoms with Gasteiger partial charge in [-0.05, 0) is 49.1 Å². The molecule has 0 spiro atoms. The number of phenols is 1. The number of hydrogen-bond donors (Lipinski definition) is 3. The summed E-state index contributed by atoms with van der Waals surface area (Å²) < 4.78 is 1.82. The number of phenolic OH excluding ortho intramolecular Hbond substituents is 1. The Kier molecular flexibility index (Phi) is 5.46. The number of hydrogen-bond acceptors (Lipinski definition) is 5. The largest absolute Gasteiger partial charge is 0.508 e. The van der Waals surface area contributed by atoms with E-state index < -0.39 is 0 Å². The highest BCUT2D eigenvalue weighted by Crippen LogP contribution is 2.30. The third kappa shape index (κ3) is 4.53. The number of anilines is 1. The highest BCUT2D eigenvalue weighted by Gasteiger charge is 2.23. The molecule has 7 heteroatoms. The number of benzene rings is 2. The standard InChI is InChI=1S/C26H27N5O2/c1-16(2)14-27-23-13-22(19-4-3-5-21(32)12-19)30-31-24(15-28-25(23)31)17-6-8-18(9-7-17)26(33)29-20-10-11-20/h3-9,12-13,15-16,20,27,32H,10-11,14H2,1-2H3,(H,29,33). The first-order valence-electron chi connectivity index (χ1n) is 11.3. The number of rotatable bonds is 7. The summed E-state index contributed by atoms with van der Waals surface area (Å²) in [6.45, 7) is 5.10. The number of carbonyl (C=O) groups excluding carboxylic acids is 1. The minimum atomic E-state index is -0.0355. The first-order valence-corrected chi connectivity index (χ1v) is 11.3. The van der Waals surface area contributed by atoms with Crippen molar-refractivity contribution in [1.29, 1.82) is 0 Å². The summed E-state index contributed by atoms with van der Waals surface area (Å²) in [5.74, 6) is 0.620. The third-order valence-corrected chi connectivity index (χ3v) is 5.67. The fraction of sp³-hybridized carbons (Fsp3) is 0.269. The van der Waals surface area contributed by atoms with Crippen molar-refractivity contribution in [2.24, 2.45) is 5.92 Å². The van der Waals surface area contributed by atoms with Crippen LogP contribution in [-0.4, -0.2) is 38.2 Å². The Labute approximate surface area is 192 Å². The number of fused-ring (bicyclic) bond motifs is 1. The van der Waals surface area contributed by atoms with Gasteiger partial charge in [0.05, 0.1) is 23.3 Å². The second-order valence-corrected chi connectivity index (χ2v) is 8.97. The van der Waals surface area contributed by atoms with Gasteiger partial charge in [-0.3, -0.25) is 4.79 Å². The van der Waals surface area contributed by atoms with Gasteiger partial charge in [0.25, 0.3) is 5.91 Å². The molecule has 2 aromatic carbocycles. The number of carbonyl (C=O) groups is 1. The van der Waals surface area contributed by atoms with Crippen molar-refractivity contribution in [2.45, 2.75) is 32.7 Å². The van der Waals surface area contributed by atoms with Crippen LogP contribution in [0.25, 0.3) is 28.2 Å². The maximum absolute atomic E-state index is 12.3. The molecule has 7 nitrogen and oxygen atoms in total. The summed E-state index contributed by atoms with van der Waals surface area (Å²) in [4.78, 5) is 17.0. The van der Waals surface area contributed by atoms with Gasteiger partial charge >= 0.3 is 0 Å². The second-order valence-electron chi connectivity index (χ2n) is 8.97. The van der Waals surface area contributed by atoms with E-state index in [0.717, 1.165) is 53.2 Å². The molecule has 0 radical (unpaired) electrons. The highest BCUT2D eigenvalue weighted by atomic mass is 16.3. The average molecular weight is 442 g/mol. The van der Waals surface area contributed by atoms with Gasteiger partial charge in [0, 0.05) is 29.3 Å². The monoisotopic (exact) mass is 441 g/mol. The summed E-state index contributed by atoms with van der Waals surface area (Å²) in [7, 11) is 0. The van der Waals surface area contributed by atoms with Crippen LogP contribution in [0.1, 0.15) is 37.0 Å². The van der Waals surface area contributed by atoms with E-state index in [-0.39, 0.29) is 11.7 Å². The summed E-state index contributed by atoms with van der Waals surface area (Å²) >= 11 is 0. The molecule has 1 aliphatic rings. The zero-order chi connectivity index (χ0) is 22.9. The van der Waals surface area contributed by atoms with E-state index in [9.17, 15) is 9.90 Å². The van der Waals surface area contributed by atoms with E-state index in [2.05, 4.69) is 29.5 Å². The molecule has 5 rings (SSSR count). The molecule has 1 fully saturated rings. The van der Waals surface area contributed by atoms with Crippen LogP contribution in [0.3, 0.4) is 0 Å². The molecule has 0 saturated heterocycles. The van der Waals surface area contributed by atoms with Crippen LogP contribution in [0.2, 0.25) is 0 Å². The third-order valence-electron chi connectivity index (χ3n) is 5.67. The highest BCUT2D eigenvalue weighted by molar-refractivity contribution is 5.95. The second kappa shape index (κ2) is 8.58. The lowest BCUT2D eigenvalue weighted by Crippen LogP contribution is -2.25. The van der Waals surface area contributed by atoms with Gasteiger partial charge in [0.15, 0.2) is 5.65 Å². The normalized spacial score (nSPS) is 13.4. The van der Waals surface area contributed by atoms with Crippen molar-refractivity contribution in [1.82, 2.24) is 19.9 Å². The molecule has 4 aromatic rings. The number of nitrogens with zero attached hydrogens (tertiary/aromatic N) is 3. The van der Waals surface area contributed by atoms with Crippen LogP contribution in [0, 0.1) is 5.92 Å². The van der Waals surface area contributed by atoms with Crippen LogP contribution < -0.4 is 10.6 Å². The Balaban J connectivity index is 1.55. The molecular weight excluding hydrogens is 414 g/mol. The summed E-state index contributed by atoms with van der Waals surface area (Å²) in [6, 6.07) is 16.9. The average Bonchev–Trinajstić information content (AvgIpc) is 3.52. The van der Waals surface area contributed by atoms with Gasteiger partial charge in [-0.15, -0.1) is 0 Å². The van der Waals surface area contributed by atoms with Crippen LogP contribution >= 0.6 is 0 Å². The molecular formula is C26H27N5O2. The number of amides is 1. The Hall–Kier alpha value is -3.87. The van der Waals surface area contributed by atoms with E-state index in [1.165, 1.54) is 0 Å². The molecule has 0 aliphatic heterocycles. The van der Waals surface area contributed by atoms with Gasteiger partial charge in [-0.25, -0.2) is 9.50 Å². The minimum Gasteiger partial charge on any atom is -0.508 e. The zero-order valence-electron chi connectivity index (χ0n) is 18.7. The molecule has 33 heavy (non-hydrogen) atoms. The molecule has 2 heterocycles. The predicted octanol–water partition coefficient (Wildman–Crippen LogP) is 4.73. The lowest BCUT2D eigenvalue weighted by molar-refractivity contribution is 0.0951. The fourth-order valence-corrected chi connectivity index (χ4v) is 3.70. The topological polar surface area (TPSA) is 91.5 Å². The Bertz CT molecular complexity index is 1310. The number of aromatic hydroxyl groups is 1. The van der Waals surface area contributed by atoms with E-state index in [0.29, 0.717) is 17.5 Å². The molecule has 3 N–H and O–H groups in total. The van der Waals surface area contributed by atoms with E-state index in [4.69, 9.17) is 5.10 Å². The van der Waals surface area contributed by atoms with Gasteiger partial charge in [-0.2, -0.15) is 5.10 Å². The minimum absolute atomic E-state index is 0.0355. The van der Waals surface area contributed by atoms with Gasteiger partial charge in [-0.1, -0.05) is 38.1 Å². The first-order chi connectivity index (χ1) is 16.0. The maximum atomic E-state index is 12.3. The fourth-order valence-electron chi connectivity index (χ4n) is 3.70. The van der Waals surface area contributed by atoms with Crippen LogP contribution in [0.4, 0.5) is 5.69 Å². The van der Waals surface area contributed by atoms with Crippen molar-refractivity contribution in [2.75, 3.05) is 11.9 Å². The van der Waals surface area contributed by atoms with Crippen molar-refractivity contribution in [3.05, 3.63) is 66.4 Å². The van der Waals surface area contributed by atoms with Crippen LogP contribution in [-0.2, 0) is 0 Å². The van der Waals surface area contributed by atoms with Crippen LogP contribution in [0.5, 0.6) is 5.75 Å². The van der Waals surface area contributed by atoms with Crippen LogP contribution in [0.15, 0.2) is 60.8 Å². The van der Waals surface area contributed by atoms with Crippen molar-refractivity contribution < 1.29 is 9.90 Å². The number of imidazole rings is 1. The van der Waals surface area contributed by atoms with Crippen molar-refractivity contribution in [3.63, 3.8) is 0 Å². The molecule has 1 amide bonds. The lowest BCUT2D eigenvalue weighted by Gasteiger charge is -2.13. The number of nitrogens with one attached hydrogen (secondary N) is 2. The predicted molar refractivity (Wildman–Crippen MR) is 129 cm³/mol. The van der Waals surface area contributed by atoms with E-state index >= 15 is 0 Å². The zero-order valence-corrected chi connectivity index (χ0v) is 18.7. The SMILES string of the molecule is CC(C)CNc1cc(-c2cccc(O)c2)nn2c(-c3ccc(C(=O)NC4CC4)cc3)cnc12. The van der Waals surface area contributed by atoms with E-state index in [1.54, 1.807) is 24.4 Å².